The van der Waals surface area contributed by atoms with Gasteiger partial charge in [-0.25, -0.2) is 0 Å². The van der Waals surface area contributed by atoms with Gasteiger partial charge in [0, 0.05) is 18.2 Å². The third kappa shape index (κ3) is 4.44. The first-order valence-electron chi connectivity index (χ1n) is 5.83. The number of hydrogen-bond donors (Lipinski definition) is 2. The minimum absolute atomic E-state index is 0.0242. The van der Waals surface area contributed by atoms with Crippen molar-refractivity contribution in [2.45, 2.75) is 13.8 Å². The lowest BCUT2D eigenvalue weighted by Crippen LogP contribution is -2.30. The summed E-state index contributed by atoms with van der Waals surface area (Å²) in [7, 11) is 1.62. The molecule has 0 radical (unpaired) electrons. The zero-order valence-corrected chi connectivity index (χ0v) is 10.6. The monoisotopic (exact) mass is 236 g/mol. The van der Waals surface area contributed by atoms with Crippen LogP contribution in [0.3, 0.4) is 0 Å². The summed E-state index contributed by atoms with van der Waals surface area (Å²) in [5.41, 5.74) is 0.791. The zero-order valence-electron chi connectivity index (χ0n) is 10.6. The smallest absolute Gasteiger partial charge is 0.228 e. The summed E-state index contributed by atoms with van der Waals surface area (Å²) in [5, 5.41) is 6.02. The quantitative estimate of drug-likeness (QED) is 0.793. The molecule has 0 spiro atoms. The maximum Gasteiger partial charge on any atom is 0.228 e. The molecule has 0 aliphatic carbocycles. The highest BCUT2D eigenvalue weighted by Crippen LogP contribution is 2.15. The van der Waals surface area contributed by atoms with E-state index in [1.165, 1.54) is 0 Å². The van der Waals surface area contributed by atoms with E-state index >= 15 is 0 Å². The molecule has 0 saturated heterocycles. The van der Waals surface area contributed by atoms with E-state index in [2.05, 4.69) is 10.6 Å². The molecule has 4 nitrogen and oxygen atoms in total. The third-order valence-corrected chi connectivity index (χ3v) is 2.51. The zero-order chi connectivity index (χ0) is 12.7. The van der Waals surface area contributed by atoms with Crippen LogP contribution in [0, 0.1) is 5.92 Å². The van der Waals surface area contributed by atoms with Gasteiger partial charge in [0.15, 0.2) is 0 Å². The number of ether oxygens (including phenoxy) is 1. The lowest BCUT2D eigenvalue weighted by Gasteiger charge is -2.12. The molecular weight excluding hydrogens is 216 g/mol. The molecule has 4 heteroatoms. The van der Waals surface area contributed by atoms with E-state index in [1.54, 1.807) is 7.11 Å². The molecule has 0 aromatic heterocycles. The molecule has 1 amide bonds. The van der Waals surface area contributed by atoms with Crippen LogP contribution in [-0.2, 0) is 4.79 Å². The number of amides is 1. The Morgan fingerprint density at radius 1 is 1.35 bits per heavy atom. The van der Waals surface area contributed by atoms with E-state index in [9.17, 15) is 4.79 Å². The second-order valence-electron chi connectivity index (χ2n) is 3.93. The maximum absolute atomic E-state index is 11.8. The fraction of sp³-hybridized carbons (Fsp3) is 0.462. The molecule has 0 aliphatic rings. The van der Waals surface area contributed by atoms with Gasteiger partial charge in [0.2, 0.25) is 5.91 Å². The third-order valence-electron chi connectivity index (χ3n) is 2.51. The van der Waals surface area contributed by atoms with Crippen LogP contribution in [0.5, 0.6) is 5.75 Å². The van der Waals surface area contributed by atoms with Crippen molar-refractivity contribution in [3.8, 4) is 5.75 Å². The highest BCUT2D eigenvalue weighted by Gasteiger charge is 2.11. The van der Waals surface area contributed by atoms with Crippen molar-refractivity contribution < 1.29 is 9.53 Å². The second kappa shape index (κ2) is 6.91. The molecule has 1 aromatic rings. The van der Waals surface area contributed by atoms with Gasteiger partial charge in [-0.15, -0.1) is 0 Å². The molecule has 1 rings (SSSR count). The summed E-state index contributed by atoms with van der Waals surface area (Å²) in [4.78, 5) is 11.8. The SMILES string of the molecule is CCNCC(C)C(=O)Nc1ccc(OC)cc1. The normalized spacial score (nSPS) is 11.9. The summed E-state index contributed by atoms with van der Waals surface area (Å²) < 4.78 is 5.05. The highest BCUT2D eigenvalue weighted by atomic mass is 16.5. The van der Waals surface area contributed by atoms with Crippen LogP contribution in [0.15, 0.2) is 24.3 Å². The fourth-order valence-electron chi connectivity index (χ4n) is 1.39. The fourth-order valence-corrected chi connectivity index (χ4v) is 1.39. The van der Waals surface area contributed by atoms with E-state index in [1.807, 2.05) is 38.1 Å². The summed E-state index contributed by atoms with van der Waals surface area (Å²) in [6.07, 6.45) is 0. The average molecular weight is 236 g/mol. The van der Waals surface area contributed by atoms with Gasteiger partial charge in [-0.1, -0.05) is 13.8 Å². The number of carbonyl (C=O) groups excluding carboxylic acids is 1. The molecule has 17 heavy (non-hydrogen) atoms. The molecule has 0 bridgehead atoms. The van der Waals surface area contributed by atoms with Crippen molar-refractivity contribution in [3.05, 3.63) is 24.3 Å². The predicted molar refractivity (Wildman–Crippen MR) is 69.3 cm³/mol. The topological polar surface area (TPSA) is 50.4 Å². The van der Waals surface area contributed by atoms with Gasteiger partial charge in [-0.2, -0.15) is 0 Å². The lowest BCUT2D eigenvalue weighted by molar-refractivity contribution is -0.119. The van der Waals surface area contributed by atoms with Crippen LogP contribution in [-0.4, -0.2) is 26.1 Å². The second-order valence-corrected chi connectivity index (χ2v) is 3.93. The highest BCUT2D eigenvalue weighted by molar-refractivity contribution is 5.92. The Labute approximate surface area is 102 Å². The first-order chi connectivity index (χ1) is 8.17. The van der Waals surface area contributed by atoms with Crippen molar-refractivity contribution in [1.29, 1.82) is 0 Å². The van der Waals surface area contributed by atoms with Crippen molar-refractivity contribution in [1.82, 2.24) is 5.32 Å². The Morgan fingerprint density at radius 3 is 2.53 bits per heavy atom. The van der Waals surface area contributed by atoms with Crippen LogP contribution >= 0.6 is 0 Å². The Bertz CT molecular complexity index is 349. The molecule has 0 heterocycles. The van der Waals surface area contributed by atoms with Gasteiger partial charge < -0.3 is 15.4 Å². The number of rotatable bonds is 6. The Hall–Kier alpha value is -1.55. The Balaban J connectivity index is 2.49. The van der Waals surface area contributed by atoms with E-state index in [4.69, 9.17) is 4.74 Å². The number of benzene rings is 1. The average Bonchev–Trinajstić information content (AvgIpc) is 2.36. The Morgan fingerprint density at radius 2 is 2.00 bits per heavy atom. The molecule has 0 fully saturated rings. The minimum atomic E-state index is -0.0444. The van der Waals surface area contributed by atoms with Crippen molar-refractivity contribution in [3.63, 3.8) is 0 Å². The van der Waals surface area contributed by atoms with E-state index in [0.717, 1.165) is 18.0 Å². The standard InChI is InChI=1S/C13H20N2O2/c1-4-14-9-10(2)13(16)15-11-5-7-12(17-3)8-6-11/h5-8,10,14H,4,9H2,1-3H3,(H,15,16). The molecule has 94 valence electrons. The van der Waals surface area contributed by atoms with Gasteiger partial charge in [-0.3, -0.25) is 4.79 Å². The number of methoxy groups -OCH3 is 1. The van der Waals surface area contributed by atoms with Crippen molar-refractivity contribution in [2.75, 3.05) is 25.5 Å². The van der Waals surface area contributed by atoms with E-state index < -0.39 is 0 Å². The summed E-state index contributed by atoms with van der Waals surface area (Å²) in [6.45, 7) is 5.49. The van der Waals surface area contributed by atoms with E-state index in [-0.39, 0.29) is 11.8 Å². The number of carbonyl (C=O) groups is 1. The van der Waals surface area contributed by atoms with Crippen molar-refractivity contribution >= 4 is 11.6 Å². The number of anilines is 1. The molecular formula is C13H20N2O2. The summed E-state index contributed by atoms with van der Waals surface area (Å²) >= 11 is 0. The number of nitrogens with one attached hydrogen (secondary N) is 2. The van der Waals surface area contributed by atoms with Crippen LogP contribution in [0.25, 0.3) is 0 Å². The van der Waals surface area contributed by atoms with Crippen LogP contribution < -0.4 is 15.4 Å². The summed E-state index contributed by atoms with van der Waals surface area (Å²) in [5.74, 6) is 0.761. The van der Waals surface area contributed by atoms with Gasteiger partial charge >= 0.3 is 0 Å². The minimum Gasteiger partial charge on any atom is -0.497 e. The largest absolute Gasteiger partial charge is 0.497 e. The van der Waals surface area contributed by atoms with Crippen LogP contribution in [0.1, 0.15) is 13.8 Å². The Kier molecular flexibility index (Phi) is 5.49. The van der Waals surface area contributed by atoms with Crippen molar-refractivity contribution in [2.24, 2.45) is 5.92 Å². The molecule has 0 saturated carbocycles. The van der Waals surface area contributed by atoms with Crippen LogP contribution in [0.2, 0.25) is 0 Å². The molecule has 2 N–H and O–H groups in total. The first kappa shape index (κ1) is 13.5. The predicted octanol–water partition coefficient (Wildman–Crippen LogP) is 1.88. The summed E-state index contributed by atoms with van der Waals surface area (Å²) in [6, 6.07) is 7.31. The molecule has 1 atom stereocenters. The van der Waals surface area contributed by atoms with Crippen LogP contribution in [0.4, 0.5) is 5.69 Å². The van der Waals surface area contributed by atoms with Gasteiger partial charge in [0.1, 0.15) is 5.75 Å². The maximum atomic E-state index is 11.8. The molecule has 1 unspecified atom stereocenters. The first-order valence-corrected chi connectivity index (χ1v) is 5.83. The van der Waals surface area contributed by atoms with Gasteiger partial charge in [-0.05, 0) is 30.8 Å². The van der Waals surface area contributed by atoms with E-state index in [0.29, 0.717) is 6.54 Å². The lowest BCUT2D eigenvalue weighted by atomic mass is 10.1. The van der Waals surface area contributed by atoms with Gasteiger partial charge in [0.05, 0.1) is 7.11 Å². The molecule has 1 aromatic carbocycles. The number of hydrogen-bond acceptors (Lipinski definition) is 3. The van der Waals surface area contributed by atoms with Gasteiger partial charge in [0.25, 0.3) is 0 Å². The molecule has 0 aliphatic heterocycles.